The molecule has 0 aromatic carbocycles. The monoisotopic (exact) mass is 259 g/mol. The van der Waals surface area contributed by atoms with E-state index in [-0.39, 0.29) is 5.82 Å². The quantitative estimate of drug-likeness (QED) is 0.876. The summed E-state index contributed by atoms with van der Waals surface area (Å²) in [6.07, 6.45) is 9.28. The maximum absolute atomic E-state index is 11.1. The van der Waals surface area contributed by atoms with E-state index in [1.54, 1.807) is 0 Å². The lowest BCUT2D eigenvalue weighted by atomic mass is 10.0. The number of carbonyl (C=O) groups excluding carboxylic acids is 1. The van der Waals surface area contributed by atoms with Crippen LogP contribution in [0.3, 0.4) is 0 Å². The highest BCUT2D eigenvalue weighted by molar-refractivity contribution is 5.88. The Morgan fingerprint density at radius 3 is 2.95 bits per heavy atom. The van der Waals surface area contributed by atoms with Gasteiger partial charge >= 0.3 is 0 Å². The molecule has 3 rings (SSSR count). The van der Waals surface area contributed by atoms with Crippen LogP contribution in [0.15, 0.2) is 0 Å². The topological polar surface area (TPSA) is 72.1 Å². The molecule has 1 aliphatic carbocycles. The number of carbonyl (C=O) groups is 1. The minimum Gasteiger partial charge on any atom is -0.363 e. The zero-order valence-electron chi connectivity index (χ0n) is 11.1. The third kappa shape index (κ3) is 2.76. The lowest BCUT2D eigenvalue weighted by Crippen LogP contribution is -2.35. The van der Waals surface area contributed by atoms with Gasteiger partial charge in [0, 0.05) is 25.2 Å². The average molecular weight is 259 g/mol. The maximum Gasteiger partial charge on any atom is 0.286 e. The summed E-state index contributed by atoms with van der Waals surface area (Å²) in [7, 11) is 0. The minimum atomic E-state index is -0.577. The summed E-state index contributed by atoms with van der Waals surface area (Å²) < 4.78 is 0. The van der Waals surface area contributed by atoms with E-state index in [1.165, 1.54) is 25.7 Å². The lowest BCUT2D eigenvalue weighted by Gasteiger charge is -2.29. The van der Waals surface area contributed by atoms with Gasteiger partial charge in [-0.05, 0) is 25.2 Å². The number of rotatable bonds is 3. The summed E-state index contributed by atoms with van der Waals surface area (Å²) in [5, 5.41) is 0. The van der Waals surface area contributed by atoms with Gasteiger partial charge in [-0.1, -0.05) is 12.8 Å². The van der Waals surface area contributed by atoms with Crippen molar-refractivity contribution in [3.63, 3.8) is 0 Å². The molecule has 5 nitrogen and oxygen atoms in total. The fourth-order valence-corrected chi connectivity index (χ4v) is 3.12. The van der Waals surface area contributed by atoms with Gasteiger partial charge in [0.2, 0.25) is 5.82 Å². The first-order valence-corrected chi connectivity index (χ1v) is 7.02. The predicted octanol–water partition coefficient (Wildman–Crippen LogP) is 0.924. The Bertz CT molecular complexity index is 482. The van der Waals surface area contributed by atoms with Crippen LogP contribution in [0.25, 0.3) is 0 Å². The van der Waals surface area contributed by atoms with E-state index in [9.17, 15) is 4.79 Å². The van der Waals surface area contributed by atoms with E-state index in [0.717, 1.165) is 43.2 Å². The van der Waals surface area contributed by atoms with E-state index in [2.05, 4.69) is 21.1 Å². The predicted molar refractivity (Wildman–Crippen MR) is 70.3 cm³/mol. The van der Waals surface area contributed by atoms with Gasteiger partial charge in [-0.2, -0.15) is 0 Å². The van der Waals surface area contributed by atoms with Crippen molar-refractivity contribution < 1.29 is 4.79 Å². The maximum atomic E-state index is 11.1. The van der Waals surface area contributed by atoms with Gasteiger partial charge in [-0.15, -0.1) is 0 Å². The van der Waals surface area contributed by atoms with Crippen LogP contribution in [-0.2, 0) is 13.0 Å². The normalized spacial score (nSPS) is 20.4. The lowest BCUT2D eigenvalue weighted by molar-refractivity contribution is 0.0989. The molecule has 0 bridgehead atoms. The molecule has 1 aromatic rings. The van der Waals surface area contributed by atoms with Gasteiger partial charge < -0.3 is 5.73 Å². The average Bonchev–Trinajstić information content (AvgIpc) is 2.90. The second-order valence-electron chi connectivity index (χ2n) is 5.58. The Kier molecular flexibility index (Phi) is 3.46. The molecule has 1 fully saturated rings. The molecule has 0 atom stereocenters. The van der Waals surface area contributed by atoms with Crippen LogP contribution < -0.4 is 5.73 Å². The first kappa shape index (κ1) is 12.5. The first-order chi connectivity index (χ1) is 9.22. The van der Waals surface area contributed by atoms with Crippen LogP contribution in [-0.4, -0.2) is 33.9 Å². The molecule has 1 amide bonds. The highest BCUT2D eigenvalue weighted by Crippen LogP contribution is 2.27. The first-order valence-electron chi connectivity index (χ1n) is 7.02. The Morgan fingerprint density at radius 1 is 1.42 bits per heavy atom. The fourth-order valence-electron chi connectivity index (χ4n) is 3.12. The molecule has 2 N–H and O–H groups in total. The third-order valence-corrected chi connectivity index (χ3v) is 4.15. The smallest absolute Gasteiger partial charge is 0.286 e. The molecule has 101 valence electrons. The number of hydrogen-bond donors (Lipinski definition) is 1. The number of nitrogens with zero attached hydrogens (tertiary/aromatic N) is 3. The van der Waals surface area contributed by atoms with Crippen molar-refractivity contribution in [3.8, 4) is 0 Å². The molecule has 2 heterocycles. The molecule has 19 heavy (non-hydrogen) atoms. The van der Waals surface area contributed by atoms with Crippen molar-refractivity contribution >= 4 is 5.91 Å². The Hall–Kier alpha value is -1.49. The third-order valence-electron chi connectivity index (χ3n) is 4.15. The Morgan fingerprint density at radius 2 is 2.21 bits per heavy atom. The largest absolute Gasteiger partial charge is 0.363 e. The molecule has 2 aliphatic rings. The number of amides is 1. The van der Waals surface area contributed by atoms with Crippen molar-refractivity contribution in [1.29, 1.82) is 0 Å². The van der Waals surface area contributed by atoms with Crippen LogP contribution in [0.1, 0.15) is 47.6 Å². The van der Waals surface area contributed by atoms with E-state index in [1.807, 2.05) is 0 Å². The van der Waals surface area contributed by atoms with E-state index in [4.69, 9.17) is 5.73 Å². The van der Waals surface area contributed by atoms with Crippen molar-refractivity contribution in [2.45, 2.75) is 38.6 Å². The summed E-state index contributed by atoms with van der Waals surface area (Å²) in [5.41, 5.74) is 7.18. The van der Waals surface area contributed by atoms with E-state index >= 15 is 0 Å². The van der Waals surface area contributed by atoms with Crippen LogP contribution in [0.2, 0.25) is 0 Å². The summed E-state index contributed by atoms with van der Waals surface area (Å²) in [5.74, 6) is 0.344. The molecule has 5 heteroatoms. The van der Waals surface area contributed by atoms with Crippen LogP contribution >= 0.6 is 0 Å². The number of fused-ring (bicyclic) bond motifs is 1. The Balaban J connectivity index is 1.70. The van der Waals surface area contributed by atoms with Gasteiger partial charge in [0.1, 0.15) is 0 Å². The molecule has 0 saturated heterocycles. The van der Waals surface area contributed by atoms with Gasteiger partial charge in [0.05, 0.1) is 11.9 Å². The fraction of sp³-hybridized carbons (Fsp3) is 0.643. The van der Waals surface area contributed by atoms with E-state index < -0.39 is 5.91 Å². The second kappa shape index (κ2) is 5.25. The minimum absolute atomic E-state index is 0.0847. The molecular weight excluding hydrogens is 240 g/mol. The number of aromatic nitrogens is 2. The highest BCUT2D eigenvalue weighted by Gasteiger charge is 2.23. The number of nitrogens with two attached hydrogens (primary N) is 1. The SMILES string of the molecule is NC(=O)c1n[c]c2c(n1)CN(CC1CCCC1)CC2. The molecule has 1 radical (unpaired) electrons. The van der Waals surface area contributed by atoms with Crippen molar-refractivity contribution in [1.82, 2.24) is 14.9 Å². The molecule has 1 aliphatic heterocycles. The van der Waals surface area contributed by atoms with Crippen molar-refractivity contribution in [3.05, 3.63) is 23.3 Å². The summed E-state index contributed by atoms with van der Waals surface area (Å²) >= 11 is 0. The molecule has 0 spiro atoms. The number of primary amides is 1. The van der Waals surface area contributed by atoms with Crippen LogP contribution in [0.5, 0.6) is 0 Å². The zero-order chi connectivity index (χ0) is 13.2. The highest BCUT2D eigenvalue weighted by atomic mass is 16.1. The second-order valence-corrected chi connectivity index (χ2v) is 5.58. The molecule has 1 aromatic heterocycles. The van der Waals surface area contributed by atoms with E-state index in [0.29, 0.717) is 0 Å². The van der Waals surface area contributed by atoms with Crippen molar-refractivity contribution in [2.75, 3.05) is 13.1 Å². The molecule has 1 saturated carbocycles. The molecule has 0 unspecified atom stereocenters. The summed E-state index contributed by atoms with van der Waals surface area (Å²) in [6.45, 7) is 2.99. The van der Waals surface area contributed by atoms with Gasteiger partial charge in [-0.3, -0.25) is 9.69 Å². The van der Waals surface area contributed by atoms with Crippen molar-refractivity contribution in [2.24, 2.45) is 11.7 Å². The standard InChI is InChI=1S/C14H19N4O/c15-13(19)14-16-7-11-5-6-18(9-12(11)17-14)8-10-3-1-2-4-10/h10H,1-6,8-9H2,(H2,15,19). The Labute approximate surface area is 113 Å². The van der Waals surface area contributed by atoms with Crippen LogP contribution in [0, 0.1) is 12.1 Å². The van der Waals surface area contributed by atoms with Gasteiger partial charge in [0.15, 0.2) is 0 Å². The zero-order valence-corrected chi connectivity index (χ0v) is 11.1. The number of hydrogen-bond acceptors (Lipinski definition) is 4. The summed E-state index contributed by atoms with van der Waals surface area (Å²) in [4.78, 5) is 21.7. The van der Waals surface area contributed by atoms with Crippen LogP contribution in [0.4, 0.5) is 0 Å². The molecular formula is C14H19N4O. The summed E-state index contributed by atoms with van der Waals surface area (Å²) in [6, 6.07) is 0. The van der Waals surface area contributed by atoms with Gasteiger partial charge in [0.25, 0.3) is 5.91 Å². The van der Waals surface area contributed by atoms with Gasteiger partial charge in [-0.25, -0.2) is 9.97 Å².